The summed E-state index contributed by atoms with van der Waals surface area (Å²) in [5, 5.41) is 0. The highest BCUT2D eigenvalue weighted by molar-refractivity contribution is 5.96. The van der Waals surface area contributed by atoms with Gasteiger partial charge in [-0.3, -0.25) is 9.69 Å². The van der Waals surface area contributed by atoms with Crippen molar-refractivity contribution in [1.82, 2.24) is 4.90 Å². The summed E-state index contributed by atoms with van der Waals surface area (Å²) in [4.78, 5) is 13.7. The fourth-order valence-electron chi connectivity index (χ4n) is 2.33. The first kappa shape index (κ1) is 13.7. The van der Waals surface area contributed by atoms with Gasteiger partial charge in [-0.15, -0.1) is 0 Å². The van der Waals surface area contributed by atoms with E-state index in [0.29, 0.717) is 23.6 Å². The van der Waals surface area contributed by atoms with Crippen LogP contribution in [0.2, 0.25) is 0 Å². The highest BCUT2D eigenvalue weighted by atomic mass is 16.5. The Bertz CT molecular complexity index is 442. The molecule has 1 heterocycles. The first-order chi connectivity index (χ1) is 9.16. The third-order valence-corrected chi connectivity index (χ3v) is 3.38. The average molecular weight is 263 g/mol. The van der Waals surface area contributed by atoms with Crippen molar-refractivity contribution in [3.63, 3.8) is 0 Å². The van der Waals surface area contributed by atoms with Crippen LogP contribution in [0, 0.1) is 0 Å². The molecule has 1 aromatic rings. The smallest absolute Gasteiger partial charge is 0.252 e. The molecule has 0 spiro atoms. The van der Waals surface area contributed by atoms with Gasteiger partial charge in [0.1, 0.15) is 12.4 Å². The quantitative estimate of drug-likeness (QED) is 0.783. The van der Waals surface area contributed by atoms with Gasteiger partial charge in [0.2, 0.25) is 0 Å². The summed E-state index contributed by atoms with van der Waals surface area (Å²) in [6.45, 7) is 3.67. The Labute approximate surface area is 113 Å². The Morgan fingerprint density at radius 2 is 2.00 bits per heavy atom. The van der Waals surface area contributed by atoms with Crippen molar-refractivity contribution in [3.05, 3.63) is 23.8 Å². The van der Waals surface area contributed by atoms with Gasteiger partial charge in [-0.1, -0.05) is 6.42 Å². The second kappa shape index (κ2) is 6.43. The van der Waals surface area contributed by atoms with Crippen molar-refractivity contribution in [3.8, 4) is 5.75 Å². The molecular formula is C14H21N3O2. The van der Waals surface area contributed by atoms with E-state index in [1.807, 2.05) is 0 Å². The van der Waals surface area contributed by atoms with Crippen molar-refractivity contribution < 1.29 is 9.53 Å². The number of carbonyl (C=O) groups excluding carboxylic acids is 1. The second-order valence-corrected chi connectivity index (χ2v) is 4.87. The highest BCUT2D eigenvalue weighted by Gasteiger charge is 2.12. The van der Waals surface area contributed by atoms with E-state index in [0.717, 1.165) is 19.6 Å². The van der Waals surface area contributed by atoms with Crippen LogP contribution in [0.25, 0.3) is 0 Å². The molecule has 0 radical (unpaired) electrons. The van der Waals surface area contributed by atoms with Gasteiger partial charge in [-0.2, -0.15) is 0 Å². The lowest BCUT2D eigenvalue weighted by atomic mass is 10.1. The number of nitrogens with two attached hydrogens (primary N) is 2. The predicted octanol–water partition coefficient (Wildman–Crippen LogP) is 1.23. The SMILES string of the molecule is NC(=O)c1ccc(N)cc1OCCN1CCCCC1. The van der Waals surface area contributed by atoms with E-state index in [4.69, 9.17) is 16.2 Å². The third-order valence-electron chi connectivity index (χ3n) is 3.38. The van der Waals surface area contributed by atoms with E-state index in [2.05, 4.69) is 4.90 Å². The lowest BCUT2D eigenvalue weighted by Gasteiger charge is -2.26. The zero-order valence-electron chi connectivity index (χ0n) is 11.1. The minimum Gasteiger partial charge on any atom is -0.491 e. The van der Waals surface area contributed by atoms with Crippen LogP contribution in [0.5, 0.6) is 5.75 Å². The number of hydrogen-bond donors (Lipinski definition) is 2. The van der Waals surface area contributed by atoms with Gasteiger partial charge in [0.05, 0.1) is 5.56 Å². The number of ether oxygens (including phenoxy) is 1. The third kappa shape index (κ3) is 3.86. The topological polar surface area (TPSA) is 81.6 Å². The molecule has 0 unspecified atom stereocenters. The van der Waals surface area contributed by atoms with Gasteiger partial charge in [-0.05, 0) is 38.1 Å². The molecule has 1 fully saturated rings. The zero-order chi connectivity index (χ0) is 13.7. The molecule has 2 rings (SSSR count). The van der Waals surface area contributed by atoms with Crippen LogP contribution < -0.4 is 16.2 Å². The summed E-state index contributed by atoms with van der Waals surface area (Å²) in [6.07, 6.45) is 3.83. The van der Waals surface area contributed by atoms with Crippen LogP contribution in [-0.4, -0.2) is 37.0 Å². The number of likely N-dealkylation sites (tertiary alicyclic amines) is 1. The number of nitrogen functional groups attached to an aromatic ring is 1. The maximum Gasteiger partial charge on any atom is 0.252 e. The fourth-order valence-corrected chi connectivity index (χ4v) is 2.33. The summed E-state index contributed by atoms with van der Waals surface area (Å²) in [7, 11) is 0. The van der Waals surface area contributed by atoms with Crippen LogP contribution in [0.1, 0.15) is 29.6 Å². The van der Waals surface area contributed by atoms with Crippen LogP contribution >= 0.6 is 0 Å². The number of rotatable bonds is 5. The predicted molar refractivity (Wildman–Crippen MR) is 75.2 cm³/mol. The number of anilines is 1. The maximum absolute atomic E-state index is 11.3. The number of nitrogens with zero attached hydrogens (tertiary/aromatic N) is 1. The van der Waals surface area contributed by atoms with E-state index < -0.39 is 5.91 Å². The number of piperidine rings is 1. The molecule has 104 valence electrons. The lowest BCUT2D eigenvalue weighted by Crippen LogP contribution is -2.33. The normalized spacial score (nSPS) is 16.2. The summed E-state index contributed by atoms with van der Waals surface area (Å²) in [5.74, 6) is -0.0162. The summed E-state index contributed by atoms with van der Waals surface area (Å²) in [6, 6.07) is 4.90. The first-order valence-electron chi connectivity index (χ1n) is 6.71. The average Bonchev–Trinajstić information content (AvgIpc) is 2.39. The molecule has 4 N–H and O–H groups in total. The minimum absolute atomic E-state index is 0.382. The van der Waals surface area contributed by atoms with Gasteiger partial charge < -0.3 is 16.2 Å². The number of benzene rings is 1. The van der Waals surface area contributed by atoms with Crippen LogP contribution in [0.3, 0.4) is 0 Å². The standard InChI is InChI=1S/C14H21N3O2/c15-11-4-5-12(14(16)18)13(10-11)19-9-8-17-6-2-1-3-7-17/h4-5,10H,1-3,6-9,15H2,(H2,16,18). The Balaban J connectivity index is 1.91. The lowest BCUT2D eigenvalue weighted by molar-refractivity contribution is 0.0995. The molecule has 5 heteroatoms. The van der Waals surface area contributed by atoms with Crippen molar-refractivity contribution in [2.75, 3.05) is 32.0 Å². The van der Waals surface area contributed by atoms with Crippen molar-refractivity contribution in [2.45, 2.75) is 19.3 Å². The summed E-state index contributed by atoms with van der Waals surface area (Å²) in [5.41, 5.74) is 12.0. The van der Waals surface area contributed by atoms with Crippen molar-refractivity contribution in [2.24, 2.45) is 5.73 Å². The van der Waals surface area contributed by atoms with Crippen molar-refractivity contribution >= 4 is 11.6 Å². The zero-order valence-corrected chi connectivity index (χ0v) is 11.1. The fraction of sp³-hybridized carbons (Fsp3) is 0.500. The largest absolute Gasteiger partial charge is 0.491 e. The Kier molecular flexibility index (Phi) is 4.63. The van der Waals surface area contributed by atoms with E-state index in [1.54, 1.807) is 18.2 Å². The molecule has 1 amide bonds. The molecule has 0 bridgehead atoms. The van der Waals surface area contributed by atoms with E-state index in [1.165, 1.54) is 19.3 Å². The van der Waals surface area contributed by atoms with E-state index >= 15 is 0 Å². The van der Waals surface area contributed by atoms with Crippen LogP contribution in [0.4, 0.5) is 5.69 Å². The van der Waals surface area contributed by atoms with Gasteiger partial charge in [0, 0.05) is 18.3 Å². The first-order valence-corrected chi connectivity index (χ1v) is 6.71. The number of primary amides is 1. The van der Waals surface area contributed by atoms with Gasteiger partial charge in [-0.25, -0.2) is 0 Å². The van der Waals surface area contributed by atoms with E-state index in [-0.39, 0.29) is 0 Å². The monoisotopic (exact) mass is 263 g/mol. The molecule has 1 aliphatic rings. The molecule has 1 aromatic carbocycles. The molecule has 5 nitrogen and oxygen atoms in total. The van der Waals surface area contributed by atoms with Crippen molar-refractivity contribution in [1.29, 1.82) is 0 Å². The maximum atomic E-state index is 11.3. The molecule has 1 saturated heterocycles. The molecule has 0 aliphatic carbocycles. The van der Waals surface area contributed by atoms with Crippen LogP contribution in [-0.2, 0) is 0 Å². The van der Waals surface area contributed by atoms with E-state index in [9.17, 15) is 4.79 Å². The molecular weight excluding hydrogens is 242 g/mol. The molecule has 0 saturated carbocycles. The Morgan fingerprint density at radius 3 is 2.68 bits per heavy atom. The second-order valence-electron chi connectivity index (χ2n) is 4.87. The number of carbonyl (C=O) groups is 1. The Hall–Kier alpha value is -1.75. The molecule has 0 aromatic heterocycles. The van der Waals surface area contributed by atoms with Gasteiger partial charge >= 0.3 is 0 Å². The minimum atomic E-state index is -0.493. The molecule has 0 atom stereocenters. The Morgan fingerprint density at radius 1 is 1.26 bits per heavy atom. The summed E-state index contributed by atoms with van der Waals surface area (Å²) >= 11 is 0. The van der Waals surface area contributed by atoms with Gasteiger partial charge in [0.25, 0.3) is 5.91 Å². The highest BCUT2D eigenvalue weighted by Crippen LogP contribution is 2.21. The molecule has 19 heavy (non-hydrogen) atoms. The molecule has 1 aliphatic heterocycles. The summed E-state index contributed by atoms with van der Waals surface area (Å²) < 4.78 is 5.66. The van der Waals surface area contributed by atoms with Crippen LogP contribution in [0.15, 0.2) is 18.2 Å². The van der Waals surface area contributed by atoms with Gasteiger partial charge in [0.15, 0.2) is 0 Å². The number of amides is 1. The number of hydrogen-bond acceptors (Lipinski definition) is 4.